The van der Waals surface area contributed by atoms with Crippen LogP contribution in [0.15, 0.2) is 53.4 Å². The molecular formula is C24H21Cl2NO3S. The summed E-state index contributed by atoms with van der Waals surface area (Å²) >= 11 is 13.5. The molecule has 0 atom stereocenters. The first-order valence-corrected chi connectivity index (χ1v) is 11.3. The number of benzene rings is 2. The Labute approximate surface area is 195 Å². The number of hydrogen-bond acceptors (Lipinski definition) is 5. The average molecular weight is 474 g/mol. The smallest absolute Gasteiger partial charge is 0.333 e. The van der Waals surface area contributed by atoms with Crippen molar-refractivity contribution in [3.8, 4) is 11.3 Å². The number of Topliss-reactive ketones (excluding diaryl/α,β-unsaturated/α-hetero) is 1. The number of allylic oxidation sites excluding steroid dienone is 1. The Morgan fingerprint density at radius 1 is 1.00 bits per heavy atom. The van der Waals surface area contributed by atoms with Gasteiger partial charge in [-0.1, -0.05) is 53.5 Å². The zero-order valence-electron chi connectivity index (χ0n) is 17.4. The third-order valence-corrected chi connectivity index (χ3v) is 6.45. The van der Waals surface area contributed by atoms with Gasteiger partial charge in [-0.15, -0.1) is 11.3 Å². The molecular weight excluding hydrogens is 453 g/mol. The molecule has 0 aliphatic rings. The lowest BCUT2D eigenvalue weighted by Gasteiger charge is -2.08. The number of ether oxygens (including phenoxy) is 1. The van der Waals surface area contributed by atoms with E-state index < -0.39 is 0 Å². The van der Waals surface area contributed by atoms with Gasteiger partial charge in [0.25, 0.3) is 0 Å². The van der Waals surface area contributed by atoms with Gasteiger partial charge < -0.3 is 4.74 Å². The molecule has 2 aromatic carbocycles. The van der Waals surface area contributed by atoms with Crippen molar-refractivity contribution in [1.29, 1.82) is 0 Å². The molecule has 0 radical (unpaired) electrons. The number of carbonyl (C=O) groups excluding carboxylic acids is 2. The van der Waals surface area contributed by atoms with Crippen LogP contribution in [0.25, 0.3) is 16.8 Å². The van der Waals surface area contributed by atoms with Gasteiger partial charge in [-0.05, 0) is 44.0 Å². The van der Waals surface area contributed by atoms with Crippen molar-refractivity contribution in [2.45, 2.75) is 27.2 Å². The molecule has 0 amide bonds. The van der Waals surface area contributed by atoms with Crippen molar-refractivity contribution >= 4 is 51.9 Å². The summed E-state index contributed by atoms with van der Waals surface area (Å²) in [6.07, 6.45) is 0.210. The maximum absolute atomic E-state index is 12.7. The zero-order chi connectivity index (χ0) is 22.5. The monoisotopic (exact) mass is 473 g/mol. The largest absolute Gasteiger partial charge is 0.463 e. The van der Waals surface area contributed by atoms with E-state index in [1.807, 2.05) is 30.5 Å². The van der Waals surface area contributed by atoms with E-state index in [-0.39, 0.29) is 18.2 Å². The fourth-order valence-electron chi connectivity index (χ4n) is 2.93. The number of rotatable bonds is 7. The molecule has 0 unspecified atom stereocenters. The fourth-order valence-corrected chi connectivity index (χ4v) is 4.03. The SMILES string of the molecule is CCOC(=O)/C(C)=C(\C)c1ccc(C(=O)Cc2nc(-c3ccc(Cl)c(Cl)c3)cs2)cc1. The molecule has 0 spiro atoms. The maximum atomic E-state index is 12.7. The minimum Gasteiger partial charge on any atom is -0.463 e. The third kappa shape index (κ3) is 5.62. The van der Waals surface area contributed by atoms with Crippen LogP contribution in [0.5, 0.6) is 0 Å². The molecule has 0 saturated carbocycles. The fraction of sp³-hybridized carbons (Fsp3) is 0.208. The van der Waals surface area contributed by atoms with Crippen LogP contribution < -0.4 is 0 Å². The van der Waals surface area contributed by atoms with Gasteiger partial charge in [0.15, 0.2) is 5.78 Å². The van der Waals surface area contributed by atoms with Crippen LogP contribution in [0, 0.1) is 0 Å². The minimum atomic E-state index is -0.332. The lowest BCUT2D eigenvalue weighted by atomic mass is 9.99. The Kier molecular flexibility index (Phi) is 7.65. The molecule has 4 nitrogen and oxygen atoms in total. The summed E-state index contributed by atoms with van der Waals surface area (Å²) in [4.78, 5) is 29.2. The van der Waals surface area contributed by atoms with Crippen LogP contribution in [0.2, 0.25) is 10.0 Å². The van der Waals surface area contributed by atoms with Crippen LogP contribution in [0.1, 0.15) is 41.7 Å². The molecule has 0 fully saturated rings. The minimum absolute atomic E-state index is 0.0228. The van der Waals surface area contributed by atoms with Crippen LogP contribution in [-0.4, -0.2) is 23.3 Å². The van der Waals surface area contributed by atoms with Crippen molar-refractivity contribution in [1.82, 2.24) is 4.98 Å². The summed E-state index contributed by atoms with van der Waals surface area (Å²) in [5.41, 5.74) is 4.46. The summed E-state index contributed by atoms with van der Waals surface area (Å²) in [5.74, 6) is -0.355. The number of esters is 1. The Morgan fingerprint density at radius 3 is 2.32 bits per heavy atom. The number of ketones is 1. The summed E-state index contributed by atoms with van der Waals surface area (Å²) in [7, 11) is 0. The second kappa shape index (κ2) is 10.2. The summed E-state index contributed by atoms with van der Waals surface area (Å²) in [6, 6.07) is 12.6. The summed E-state index contributed by atoms with van der Waals surface area (Å²) < 4.78 is 5.05. The first-order chi connectivity index (χ1) is 14.8. The quantitative estimate of drug-likeness (QED) is 0.212. The Bertz CT molecular complexity index is 1150. The predicted molar refractivity (Wildman–Crippen MR) is 127 cm³/mol. The van der Waals surface area contributed by atoms with E-state index in [9.17, 15) is 9.59 Å². The van der Waals surface area contributed by atoms with Crippen LogP contribution in [0.4, 0.5) is 0 Å². The number of nitrogens with zero attached hydrogens (tertiary/aromatic N) is 1. The molecule has 1 heterocycles. The average Bonchev–Trinajstić information content (AvgIpc) is 3.23. The second-order valence-electron chi connectivity index (χ2n) is 6.90. The summed E-state index contributed by atoms with van der Waals surface area (Å²) in [5, 5.41) is 3.58. The van der Waals surface area contributed by atoms with E-state index in [0.29, 0.717) is 27.8 Å². The van der Waals surface area contributed by atoms with Crippen LogP contribution in [-0.2, 0) is 16.0 Å². The molecule has 7 heteroatoms. The highest BCUT2D eigenvalue weighted by molar-refractivity contribution is 7.10. The normalized spacial score (nSPS) is 11.8. The topological polar surface area (TPSA) is 56.3 Å². The Morgan fingerprint density at radius 2 is 1.68 bits per heavy atom. The third-order valence-electron chi connectivity index (χ3n) is 4.86. The van der Waals surface area contributed by atoms with E-state index in [2.05, 4.69) is 4.98 Å². The second-order valence-corrected chi connectivity index (χ2v) is 8.66. The molecule has 0 saturated heterocycles. The van der Waals surface area contributed by atoms with E-state index >= 15 is 0 Å². The number of thiazole rings is 1. The van der Waals surface area contributed by atoms with Gasteiger partial charge in [-0.3, -0.25) is 4.79 Å². The van der Waals surface area contributed by atoms with Gasteiger partial charge in [0.2, 0.25) is 0 Å². The maximum Gasteiger partial charge on any atom is 0.333 e. The van der Waals surface area contributed by atoms with Gasteiger partial charge in [-0.2, -0.15) is 0 Å². The van der Waals surface area contributed by atoms with Crippen molar-refractivity contribution in [3.05, 3.63) is 79.6 Å². The first-order valence-electron chi connectivity index (χ1n) is 9.68. The van der Waals surface area contributed by atoms with Crippen molar-refractivity contribution < 1.29 is 14.3 Å². The standard InChI is InChI=1S/C24H21Cl2NO3S/c1-4-30-24(29)15(3)14(2)16-5-7-17(8-6-16)22(28)12-23-27-21(13-31-23)18-9-10-19(25)20(26)11-18/h5-11,13H,4,12H2,1-3H3/b15-14+. The van der Waals surface area contributed by atoms with Crippen molar-refractivity contribution in [3.63, 3.8) is 0 Å². The number of halogens is 2. The Hall–Kier alpha value is -2.47. The number of carbonyl (C=O) groups is 2. The van der Waals surface area contributed by atoms with Crippen molar-refractivity contribution in [2.75, 3.05) is 6.61 Å². The number of hydrogen-bond donors (Lipinski definition) is 0. The highest BCUT2D eigenvalue weighted by Crippen LogP contribution is 2.29. The molecule has 0 aliphatic heterocycles. The van der Waals surface area contributed by atoms with Gasteiger partial charge in [-0.25, -0.2) is 9.78 Å². The van der Waals surface area contributed by atoms with Crippen LogP contribution in [0.3, 0.4) is 0 Å². The van der Waals surface area contributed by atoms with E-state index in [1.165, 1.54) is 11.3 Å². The van der Waals surface area contributed by atoms with Gasteiger partial charge in [0, 0.05) is 22.1 Å². The molecule has 0 bridgehead atoms. The molecule has 160 valence electrons. The Balaban J connectivity index is 1.71. The van der Waals surface area contributed by atoms with E-state index in [0.717, 1.165) is 27.4 Å². The zero-order valence-corrected chi connectivity index (χ0v) is 19.7. The molecule has 0 aliphatic carbocycles. The van der Waals surface area contributed by atoms with Gasteiger partial charge in [0.1, 0.15) is 5.01 Å². The highest BCUT2D eigenvalue weighted by atomic mass is 35.5. The lowest BCUT2D eigenvalue weighted by Crippen LogP contribution is -2.07. The predicted octanol–water partition coefficient (Wildman–Crippen LogP) is 6.90. The molecule has 1 aromatic heterocycles. The molecule has 0 N–H and O–H groups in total. The summed E-state index contributed by atoms with van der Waals surface area (Å²) in [6.45, 7) is 5.71. The first kappa shape index (κ1) is 23.2. The van der Waals surface area contributed by atoms with E-state index in [1.54, 1.807) is 38.1 Å². The number of aromatic nitrogens is 1. The van der Waals surface area contributed by atoms with Gasteiger partial charge >= 0.3 is 5.97 Å². The molecule has 3 rings (SSSR count). The van der Waals surface area contributed by atoms with Crippen LogP contribution >= 0.6 is 34.5 Å². The molecule has 3 aromatic rings. The van der Waals surface area contributed by atoms with Gasteiger partial charge in [0.05, 0.1) is 28.8 Å². The van der Waals surface area contributed by atoms with Crippen molar-refractivity contribution in [2.24, 2.45) is 0 Å². The van der Waals surface area contributed by atoms with E-state index in [4.69, 9.17) is 27.9 Å². The lowest BCUT2D eigenvalue weighted by molar-refractivity contribution is -0.138. The molecule has 31 heavy (non-hydrogen) atoms. The highest BCUT2D eigenvalue weighted by Gasteiger charge is 2.14.